The van der Waals surface area contributed by atoms with E-state index in [9.17, 15) is 0 Å². The molecule has 17 heavy (non-hydrogen) atoms. The normalized spacial score (nSPS) is 13.9. The Balaban J connectivity index is 2.53. The van der Waals surface area contributed by atoms with Gasteiger partial charge in [0, 0.05) is 19.5 Å². The Morgan fingerprint density at radius 2 is 2.29 bits per heavy atom. The average molecular weight is 239 g/mol. The number of aromatic nitrogens is 2. The number of H-pyrrole nitrogens is 1. The second kappa shape index (κ2) is 6.77. The number of ether oxygens (including phenoxy) is 1. The molecule has 1 aromatic heterocycles. The Labute approximate surface area is 104 Å². The van der Waals surface area contributed by atoms with Crippen molar-refractivity contribution in [1.82, 2.24) is 15.3 Å². The first-order valence-electron chi connectivity index (χ1n) is 6.37. The molecule has 1 heterocycles. The van der Waals surface area contributed by atoms with Crippen LogP contribution in [-0.2, 0) is 4.74 Å². The van der Waals surface area contributed by atoms with E-state index in [4.69, 9.17) is 4.74 Å². The second-order valence-electron chi connectivity index (χ2n) is 4.98. The largest absolute Gasteiger partial charge is 0.379 e. The van der Waals surface area contributed by atoms with Gasteiger partial charge in [0.25, 0.3) is 0 Å². The smallest absolute Gasteiger partial charge is 0.123 e. The van der Waals surface area contributed by atoms with Crippen LogP contribution in [0, 0.1) is 0 Å². The van der Waals surface area contributed by atoms with Crippen LogP contribution in [0.25, 0.3) is 0 Å². The van der Waals surface area contributed by atoms with E-state index < -0.39 is 0 Å². The molecule has 0 amide bonds. The van der Waals surface area contributed by atoms with Gasteiger partial charge < -0.3 is 15.0 Å². The number of hydrogen-bond donors (Lipinski definition) is 2. The predicted octanol–water partition coefficient (Wildman–Crippen LogP) is 2.66. The van der Waals surface area contributed by atoms with Crippen LogP contribution in [0.15, 0.2) is 12.4 Å². The van der Waals surface area contributed by atoms with Gasteiger partial charge in [-0.2, -0.15) is 0 Å². The molecule has 1 unspecified atom stereocenters. The first-order valence-corrected chi connectivity index (χ1v) is 6.37. The molecule has 0 aliphatic rings. The van der Waals surface area contributed by atoms with Gasteiger partial charge in [0.1, 0.15) is 5.82 Å². The van der Waals surface area contributed by atoms with Crippen molar-refractivity contribution in [2.24, 2.45) is 0 Å². The van der Waals surface area contributed by atoms with Gasteiger partial charge in [-0.3, -0.25) is 0 Å². The second-order valence-corrected chi connectivity index (χ2v) is 4.98. The number of nitrogens with zero attached hydrogens (tertiary/aromatic N) is 1. The highest BCUT2D eigenvalue weighted by molar-refractivity contribution is 4.96. The van der Waals surface area contributed by atoms with E-state index in [1.165, 1.54) is 0 Å². The van der Waals surface area contributed by atoms with Gasteiger partial charge in [0.2, 0.25) is 0 Å². The van der Waals surface area contributed by atoms with E-state index in [0.717, 1.165) is 31.6 Å². The summed E-state index contributed by atoms with van der Waals surface area (Å²) in [5.74, 6) is 1.02. The van der Waals surface area contributed by atoms with Crippen LogP contribution in [0.3, 0.4) is 0 Å². The van der Waals surface area contributed by atoms with Crippen molar-refractivity contribution in [1.29, 1.82) is 0 Å². The number of methoxy groups -OCH3 is 1. The lowest BCUT2D eigenvalue weighted by Gasteiger charge is -2.25. The van der Waals surface area contributed by atoms with Crippen molar-refractivity contribution < 1.29 is 4.74 Å². The van der Waals surface area contributed by atoms with Crippen LogP contribution >= 0.6 is 0 Å². The molecule has 0 spiro atoms. The van der Waals surface area contributed by atoms with Crippen LogP contribution in [-0.4, -0.2) is 29.2 Å². The molecule has 0 fully saturated rings. The lowest BCUT2D eigenvalue weighted by molar-refractivity contribution is 0.0115. The molecule has 0 aliphatic heterocycles. The number of rotatable bonds is 8. The third-order valence-corrected chi connectivity index (χ3v) is 3.08. The molecule has 98 valence electrons. The fourth-order valence-electron chi connectivity index (χ4n) is 1.72. The lowest BCUT2D eigenvalue weighted by Crippen LogP contribution is -2.28. The minimum absolute atomic E-state index is 0.0707. The van der Waals surface area contributed by atoms with E-state index in [1.807, 2.05) is 6.20 Å². The Morgan fingerprint density at radius 1 is 1.53 bits per heavy atom. The minimum Gasteiger partial charge on any atom is -0.379 e. The highest BCUT2D eigenvalue weighted by atomic mass is 16.5. The third-order valence-electron chi connectivity index (χ3n) is 3.08. The zero-order valence-corrected chi connectivity index (χ0v) is 11.4. The summed E-state index contributed by atoms with van der Waals surface area (Å²) in [6.07, 6.45) is 6.83. The maximum Gasteiger partial charge on any atom is 0.123 e. The zero-order chi connectivity index (χ0) is 12.7. The van der Waals surface area contributed by atoms with Crippen molar-refractivity contribution in [2.45, 2.75) is 51.7 Å². The summed E-state index contributed by atoms with van der Waals surface area (Å²) in [5.41, 5.74) is -0.0707. The van der Waals surface area contributed by atoms with Crippen molar-refractivity contribution in [2.75, 3.05) is 13.7 Å². The zero-order valence-electron chi connectivity index (χ0n) is 11.4. The monoisotopic (exact) mass is 239 g/mol. The minimum atomic E-state index is -0.0707. The summed E-state index contributed by atoms with van der Waals surface area (Å²) in [6, 6.07) is 0.291. The van der Waals surface area contributed by atoms with Crippen LogP contribution in [0.5, 0.6) is 0 Å². The molecule has 0 bridgehead atoms. The summed E-state index contributed by atoms with van der Waals surface area (Å²) >= 11 is 0. The summed E-state index contributed by atoms with van der Waals surface area (Å²) < 4.78 is 5.45. The van der Waals surface area contributed by atoms with E-state index in [-0.39, 0.29) is 5.60 Å². The molecule has 0 aliphatic carbocycles. The van der Waals surface area contributed by atoms with E-state index in [2.05, 4.69) is 36.1 Å². The van der Waals surface area contributed by atoms with E-state index >= 15 is 0 Å². The number of imidazole rings is 1. The summed E-state index contributed by atoms with van der Waals surface area (Å²) in [6.45, 7) is 7.42. The Morgan fingerprint density at radius 3 is 2.82 bits per heavy atom. The van der Waals surface area contributed by atoms with Crippen molar-refractivity contribution >= 4 is 0 Å². The Kier molecular flexibility index (Phi) is 5.65. The highest BCUT2D eigenvalue weighted by Gasteiger charge is 2.20. The van der Waals surface area contributed by atoms with E-state index in [0.29, 0.717) is 6.04 Å². The Bertz CT molecular complexity index is 296. The van der Waals surface area contributed by atoms with Gasteiger partial charge in [0.15, 0.2) is 0 Å². The summed E-state index contributed by atoms with van der Waals surface area (Å²) in [7, 11) is 1.77. The fourth-order valence-corrected chi connectivity index (χ4v) is 1.72. The highest BCUT2D eigenvalue weighted by Crippen LogP contribution is 2.22. The first-order chi connectivity index (χ1) is 8.09. The topological polar surface area (TPSA) is 49.9 Å². The molecule has 0 aromatic carbocycles. The fraction of sp³-hybridized carbons (Fsp3) is 0.769. The van der Waals surface area contributed by atoms with Gasteiger partial charge >= 0.3 is 0 Å². The van der Waals surface area contributed by atoms with Gasteiger partial charge in [-0.25, -0.2) is 4.98 Å². The summed E-state index contributed by atoms with van der Waals surface area (Å²) in [5, 5.41) is 3.52. The molecule has 1 atom stereocenters. The molecule has 0 saturated heterocycles. The quantitative estimate of drug-likeness (QED) is 0.733. The summed E-state index contributed by atoms with van der Waals surface area (Å²) in [4.78, 5) is 7.52. The van der Waals surface area contributed by atoms with Crippen molar-refractivity contribution in [3.8, 4) is 0 Å². The van der Waals surface area contributed by atoms with Crippen LogP contribution < -0.4 is 5.32 Å². The average Bonchev–Trinajstić information content (AvgIpc) is 2.83. The molecular formula is C13H25N3O. The molecule has 2 N–H and O–H groups in total. The van der Waals surface area contributed by atoms with Crippen molar-refractivity contribution in [3.63, 3.8) is 0 Å². The molecule has 0 saturated carbocycles. The van der Waals surface area contributed by atoms with Crippen LogP contribution in [0.1, 0.15) is 51.9 Å². The van der Waals surface area contributed by atoms with Crippen molar-refractivity contribution in [3.05, 3.63) is 18.2 Å². The van der Waals surface area contributed by atoms with Gasteiger partial charge in [0.05, 0.1) is 11.6 Å². The maximum atomic E-state index is 5.45. The first kappa shape index (κ1) is 14.2. The van der Waals surface area contributed by atoms with Gasteiger partial charge in [-0.05, 0) is 39.7 Å². The van der Waals surface area contributed by atoms with Gasteiger partial charge in [-0.1, -0.05) is 6.92 Å². The standard InChI is InChI=1S/C13H25N3O/c1-5-8-14-11(12-15-9-10-16-12)6-7-13(2,3)17-4/h9-11,14H,5-8H2,1-4H3,(H,15,16). The number of aromatic amines is 1. The molecule has 1 aromatic rings. The number of nitrogens with one attached hydrogen (secondary N) is 2. The SMILES string of the molecule is CCCNC(CCC(C)(C)OC)c1ncc[nH]1. The molecule has 4 nitrogen and oxygen atoms in total. The van der Waals surface area contributed by atoms with Crippen LogP contribution in [0.2, 0.25) is 0 Å². The maximum absolute atomic E-state index is 5.45. The molecule has 4 heteroatoms. The number of hydrogen-bond acceptors (Lipinski definition) is 3. The van der Waals surface area contributed by atoms with E-state index in [1.54, 1.807) is 13.3 Å². The van der Waals surface area contributed by atoms with Gasteiger partial charge in [-0.15, -0.1) is 0 Å². The molecule has 1 rings (SSSR count). The lowest BCUT2D eigenvalue weighted by atomic mass is 9.98. The molecule has 0 radical (unpaired) electrons. The predicted molar refractivity (Wildman–Crippen MR) is 69.9 cm³/mol. The van der Waals surface area contributed by atoms with Crippen LogP contribution in [0.4, 0.5) is 0 Å². The molecular weight excluding hydrogens is 214 g/mol. The third kappa shape index (κ3) is 4.88. The Hall–Kier alpha value is -0.870.